The molecule has 5 aromatic rings. The number of hydrogen-bond acceptors (Lipinski definition) is 17. The van der Waals surface area contributed by atoms with E-state index in [9.17, 15) is 23.1 Å². The van der Waals surface area contributed by atoms with Crippen LogP contribution in [0, 0.1) is 12.8 Å². The van der Waals surface area contributed by atoms with Crippen molar-refractivity contribution < 1.29 is 56.1 Å². The van der Waals surface area contributed by atoms with Gasteiger partial charge in [0, 0.05) is 130 Å². The number of pyridine rings is 4. The van der Waals surface area contributed by atoms with E-state index in [-0.39, 0.29) is 37.6 Å². The van der Waals surface area contributed by atoms with Gasteiger partial charge in [-0.1, -0.05) is 70.6 Å². The maximum atomic E-state index is 12.7. The SMILES string of the molecule is C/C=C/B1OC(C)(C)C(C)(C)O1.C/C=C/c1cc(Cl)cc(N2CCOCC2)n1.CCOC(C)Cc1cc(Cl)cc(N2CCOCC2)n1.Cc1ccc(NC(=O)N2CC[C@@H](CC(F)(F)F)C2)cc1-c1cc(CCO)nc(N2CCOCC2)c1.Clc1cc(Cl)nc(N2CCOCC2)c1. The molecule has 0 saturated carbocycles. The zero-order valence-electron chi connectivity index (χ0n) is 56.7. The van der Waals surface area contributed by atoms with E-state index < -0.39 is 24.5 Å². The summed E-state index contributed by atoms with van der Waals surface area (Å²) in [5.41, 5.74) is 5.64. The Bertz CT molecular complexity index is 3270. The van der Waals surface area contributed by atoms with E-state index >= 15 is 0 Å². The number of aliphatic hydroxyl groups is 1. The van der Waals surface area contributed by atoms with E-state index in [1.807, 2.05) is 106 Å². The number of rotatable bonds is 15. The van der Waals surface area contributed by atoms with Gasteiger partial charge in [0.05, 0.1) is 75.9 Å². The molecule has 2 N–H and O–H groups in total. The molecule has 2 atom stereocenters. The molecule has 0 radical (unpaired) electrons. The Hall–Kier alpha value is -5.54. The molecule has 6 saturated heterocycles. The fraction of sp³-hybridized carbons (Fsp3) is 0.551. The van der Waals surface area contributed by atoms with Gasteiger partial charge in [0.2, 0.25) is 0 Å². The van der Waals surface area contributed by atoms with Crippen LogP contribution < -0.4 is 24.9 Å². The molecule has 10 heterocycles. The predicted octanol–water partition coefficient (Wildman–Crippen LogP) is 13.8. The Kier molecular flexibility index (Phi) is 30.9. The predicted molar refractivity (Wildman–Crippen MR) is 380 cm³/mol. The van der Waals surface area contributed by atoms with Crippen LogP contribution >= 0.6 is 46.4 Å². The average Bonchev–Trinajstić information content (AvgIpc) is 1.69. The van der Waals surface area contributed by atoms with Crippen molar-refractivity contribution in [3.63, 3.8) is 0 Å². The molecule has 6 aliphatic rings. The molecule has 6 aliphatic heterocycles. The zero-order valence-corrected chi connectivity index (χ0v) is 59.8. The number of morpholine rings is 4. The second-order valence-electron chi connectivity index (χ2n) is 24.7. The number of ether oxygens (including phenoxy) is 5. The average molecular weight is 1420 g/mol. The van der Waals surface area contributed by atoms with E-state index in [1.165, 1.54) is 4.90 Å². The molecule has 526 valence electrons. The van der Waals surface area contributed by atoms with Crippen molar-refractivity contribution in [2.24, 2.45) is 5.92 Å². The minimum absolute atomic E-state index is 0.0146. The number of hydrogen-bond donors (Lipinski definition) is 2. The third-order valence-corrected chi connectivity index (χ3v) is 17.6. The molecule has 0 bridgehead atoms. The largest absolute Gasteiger partial charge is 0.486 e. The Labute approximate surface area is 585 Å². The lowest BCUT2D eigenvalue weighted by atomic mass is 9.90. The van der Waals surface area contributed by atoms with Gasteiger partial charge in [0.25, 0.3) is 0 Å². The number of likely N-dealkylation sites (tertiary alicyclic amines) is 1. The number of aromatic nitrogens is 4. The third-order valence-electron chi connectivity index (χ3n) is 16.7. The summed E-state index contributed by atoms with van der Waals surface area (Å²) in [6.07, 6.45) is 2.49. The summed E-state index contributed by atoms with van der Waals surface area (Å²) < 4.78 is 76.4. The molecule has 96 heavy (non-hydrogen) atoms. The summed E-state index contributed by atoms with van der Waals surface area (Å²) in [5, 5.41) is 14.8. The van der Waals surface area contributed by atoms with Crippen molar-refractivity contribution in [3.8, 4) is 11.1 Å². The lowest BCUT2D eigenvalue weighted by molar-refractivity contribution is -0.143. The number of nitrogens with one attached hydrogen (secondary N) is 1. The Balaban J connectivity index is 0.000000181. The molecule has 11 rings (SSSR count). The number of alkyl halides is 3. The van der Waals surface area contributed by atoms with Crippen molar-refractivity contribution in [3.05, 3.63) is 128 Å². The highest BCUT2D eigenvalue weighted by Gasteiger charge is 2.50. The minimum Gasteiger partial charge on any atom is -0.400 e. The van der Waals surface area contributed by atoms with Crippen LogP contribution in [0.4, 0.5) is 46.9 Å². The number of benzene rings is 1. The first-order valence-electron chi connectivity index (χ1n) is 32.9. The van der Waals surface area contributed by atoms with Crippen LogP contribution in [0.2, 0.25) is 20.2 Å². The van der Waals surface area contributed by atoms with Crippen LogP contribution in [0.25, 0.3) is 17.2 Å². The molecule has 1 aromatic carbocycles. The maximum absolute atomic E-state index is 12.7. The standard InChI is InChI=1S/C25H31F3N4O3.C14H21ClN2O2.C12H15ClN2O.C9H17BO2.C9H10Cl2N2O/c1-17-2-3-20(30-24(34)32-6-4-18(16-32)15-25(26,27)28)14-22(17)19-12-21(5-9-33)29-23(13-19)31-7-10-35-11-8-31;1-3-19-11(2)8-13-9-12(15)10-14(16-13)17-4-6-18-7-5-17;1-2-3-11-8-10(13)9-12(14-11)15-4-6-16-7-5-15;1-6-7-10-11-8(2,3)9(4,5)12-10;10-7-5-8(11)12-9(6-7)13-1-3-14-4-2-13/h2-3,12-14,18,33H,4-11,15-16H2,1H3,(H,30,34);9-11H,3-8H2,1-2H3;2-3,8-9H,4-7H2,1H3;6-7H,1-5H3;5-6H,1-4H2/b;;3-2+;7-6+;/t18-;;;;/m0..../s1. The fourth-order valence-corrected chi connectivity index (χ4v) is 12.0. The number of aliphatic hydroxyl groups excluding tert-OH is 1. The summed E-state index contributed by atoms with van der Waals surface area (Å²) >= 11 is 24.0. The van der Waals surface area contributed by atoms with E-state index in [2.05, 4.69) is 74.5 Å². The first kappa shape index (κ1) is 77.8. The smallest absolute Gasteiger partial charge is 0.400 e. The van der Waals surface area contributed by atoms with Gasteiger partial charge in [-0.15, -0.1) is 0 Å². The highest BCUT2D eigenvalue weighted by Crippen LogP contribution is 2.37. The molecule has 4 aromatic heterocycles. The van der Waals surface area contributed by atoms with Crippen LogP contribution in [0.3, 0.4) is 0 Å². The third kappa shape index (κ3) is 25.0. The summed E-state index contributed by atoms with van der Waals surface area (Å²) in [6, 6.07) is 20.2. The normalized spacial score (nSPS) is 19.0. The second-order valence-corrected chi connectivity index (χ2v) is 26.4. The van der Waals surface area contributed by atoms with Crippen LogP contribution in [-0.2, 0) is 45.8 Å². The topological polar surface area (TPSA) is 182 Å². The summed E-state index contributed by atoms with van der Waals surface area (Å²) in [7, 11) is -0.181. The van der Waals surface area contributed by atoms with Crippen LogP contribution in [0.15, 0.2) is 84.9 Å². The summed E-state index contributed by atoms with van der Waals surface area (Å²) in [6.45, 7) is 31.6. The number of aryl methyl sites for hydroxylation is 1. The quantitative estimate of drug-likeness (QED) is 0.0745. The van der Waals surface area contributed by atoms with Gasteiger partial charge >= 0.3 is 19.3 Å². The highest BCUT2D eigenvalue weighted by atomic mass is 35.5. The number of halogens is 7. The lowest BCUT2D eigenvalue weighted by Gasteiger charge is -2.32. The number of anilines is 5. The van der Waals surface area contributed by atoms with Gasteiger partial charge in [-0.25, -0.2) is 24.7 Å². The van der Waals surface area contributed by atoms with E-state index in [0.717, 1.165) is 172 Å². The van der Waals surface area contributed by atoms with Crippen molar-refractivity contribution >= 4 is 94.6 Å². The molecule has 27 heteroatoms. The zero-order chi connectivity index (χ0) is 69.4. The number of carbonyl (C=O) groups excluding carboxylic acids is 1. The van der Waals surface area contributed by atoms with Gasteiger partial charge in [0.1, 0.15) is 28.4 Å². The van der Waals surface area contributed by atoms with Crippen LogP contribution in [0.5, 0.6) is 0 Å². The van der Waals surface area contributed by atoms with E-state index in [0.29, 0.717) is 48.5 Å². The lowest BCUT2D eigenvalue weighted by Crippen LogP contribution is -2.41. The second kappa shape index (κ2) is 38.2. The summed E-state index contributed by atoms with van der Waals surface area (Å²) in [4.78, 5) is 41.0. The molecule has 0 aliphatic carbocycles. The molecule has 1 unspecified atom stereocenters. The van der Waals surface area contributed by atoms with Gasteiger partial charge < -0.3 is 67.9 Å². The van der Waals surface area contributed by atoms with Crippen molar-refractivity contribution in [2.45, 2.75) is 111 Å². The van der Waals surface area contributed by atoms with Crippen LogP contribution in [0.1, 0.15) is 90.9 Å². The van der Waals surface area contributed by atoms with Crippen molar-refractivity contribution in [1.82, 2.24) is 24.8 Å². The molecule has 6 fully saturated rings. The molecule has 0 spiro atoms. The molecular weight excluding hydrogens is 1320 g/mol. The monoisotopic (exact) mass is 1410 g/mol. The van der Waals surface area contributed by atoms with E-state index in [1.54, 1.807) is 12.1 Å². The van der Waals surface area contributed by atoms with Gasteiger partial charge in [0.15, 0.2) is 0 Å². The van der Waals surface area contributed by atoms with Gasteiger partial charge in [-0.3, -0.25) is 0 Å². The highest BCUT2D eigenvalue weighted by molar-refractivity contribution is 6.51. The van der Waals surface area contributed by atoms with Crippen molar-refractivity contribution in [1.29, 1.82) is 0 Å². The minimum atomic E-state index is -4.22. The fourth-order valence-electron chi connectivity index (χ4n) is 11.1. The number of amides is 2. The molecule has 19 nitrogen and oxygen atoms in total. The van der Waals surface area contributed by atoms with Gasteiger partial charge in [-0.2, -0.15) is 13.2 Å². The Morgan fingerprint density at radius 1 is 0.688 bits per heavy atom. The Morgan fingerprint density at radius 2 is 1.19 bits per heavy atom. The van der Waals surface area contributed by atoms with E-state index in [4.69, 9.17) is 84.4 Å². The molecular formula is C69H94BCl4F3N10O9. The Morgan fingerprint density at radius 3 is 1.69 bits per heavy atom. The number of nitrogens with zero attached hydrogens (tertiary/aromatic N) is 9. The molecule has 2 amide bonds. The number of carbonyl (C=O) groups is 1. The first-order chi connectivity index (χ1) is 45.8. The first-order valence-corrected chi connectivity index (χ1v) is 34.4. The van der Waals surface area contributed by atoms with Crippen LogP contribution in [-0.4, -0.2) is 198 Å². The van der Waals surface area contributed by atoms with Gasteiger partial charge in [-0.05, 0) is 158 Å². The number of urea groups is 1. The number of allylic oxidation sites excluding steroid dienone is 2. The van der Waals surface area contributed by atoms with Crippen molar-refractivity contribution in [2.75, 3.05) is 156 Å². The summed E-state index contributed by atoms with van der Waals surface area (Å²) in [5.74, 6) is 4.88. The maximum Gasteiger partial charge on any atom is 0.486 e.